The van der Waals surface area contributed by atoms with Crippen LogP contribution in [0.2, 0.25) is 0 Å². The van der Waals surface area contributed by atoms with Gasteiger partial charge in [-0.05, 0) is 49.8 Å². The van der Waals surface area contributed by atoms with Gasteiger partial charge in [-0.1, -0.05) is 36.1 Å². The second kappa shape index (κ2) is 11.3. The van der Waals surface area contributed by atoms with Crippen LogP contribution >= 0.6 is 11.3 Å². The molecule has 9 heteroatoms. The number of thiazole rings is 1. The lowest BCUT2D eigenvalue weighted by atomic mass is 9.96. The SMILES string of the molecule is C=CCOc1ccc([C@@H]2C(C(=O)OCC)=C(C)N=c3s/c(=C\c4ccc(OC)cc4OC)c(=O)n32)cc1. The van der Waals surface area contributed by atoms with Gasteiger partial charge >= 0.3 is 5.97 Å². The number of rotatable bonds is 9. The topological polar surface area (TPSA) is 88.4 Å². The van der Waals surface area contributed by atoms with Crippen molar-refractivity contribution in [3.05, 3.63) is 97.2 Å². The largest absolute Gasteiger partial charge is 0.497 e. The molecule has 2 aromatic carbocycles. The van der Waals surface area contributed by atoms with Crippen LogP contribution in [0.3, 0.4) is 0 Å². The lowest BCUT2D eigenvalue weighted by Gasteiger charge is -2.24. The van der Waals surface area contributed by atoms with E-state index in [2.05, 4.69) is 11.6 Å². The maximum Gasteiger partial charge on any atom is 0.338 e. The summed E-state index contributed by atoms with van der Waals surface area (Å²) in [5.41, 5.74) is 2.01. The Morgan fingerprint density at radius 2 is 1.86 bits per heavy atom. The number of fused-ring (bicyclic) bond motifs is 1. The van der Waals surface area contributed by atoms with E-state index in [9.17, 15) is 9.59 Å². The van der Waals surface area contributed by atoms with Crippen LogP contribution in [0.4, 0.5) is 0 Å². The van der Waals surface area contributed by atoms with E-state index in [1.54, 1.807) is 69.1 Å². The van der Waals surface area contributed by atoms with E-state index >= 15 is 0 Å². The molecule has 1 aliphatic rings. The molecule has 0 aliphatic carbocycles. The molecule has 192 valence electrons. The van der Waals surface area contributed by atoms with Gasteiger partial charge in [0.05, 0.1) is 42.7 Å². The van der Waals surface area contributed by atoms with Crippen LogP contribution in [0, 0.1) is 0 Å². The van der Waals surface area contributed by atoms with E-state index in [0.29, 0.717) is 44.5 Å². The number of carbonyl (C=O) groups is 1. The van der Waals surface area contributed by atoms with Gasteiger partial charge in [-0.3, -0.25) is 9.36 Å². The maximum absolute atomic E-state index is 13.8. The molecule has 3 aromatic rings. The molecule has 8 nitrogen and oxygen atoms in total. The quantitative estimate of drug-likeness (QED) is 0.318. The zero-order chi connectivity index (χ0) is 26.5. The Bertz CT molecular complexity index is 1530. The lowest BCUT2D eigenvalue weighted by molar-refractivity contribution is -0.139. The summed E-state index contributed by atoms with van der Waals surface area (Å²) in [6.07, 6.45) is 3.42. The van der Waals surface area contributed by atoms with Crippen LogP contribution in [0.15, 0.2) is 76.2 Å². The Balaban J connectivity index is 1.89. The third-order valence-electron chi connectivity index (χ3n) is 5.81. The summed E-state index contributed by atoms with van der Waals surface area (Å²) in [6.45, 7) is 7.74. The Kier molecular flexibility index (Phi) is 7.93. The van der Waals surface area contributed by atoms with Crippen molar-refractivity contribution in [3.8, 4) is 17.2 Å². The molecule has 0 saturated carbocycles. The average molecular weight is 521 g/mol. The molecular formula is C28H28N2O6S. The molecule has 0 saturated heterocycles. The molecule has 0 amide bonds. The maximum atomic E-state index is 13.8. The van der Waals surface area contributed by atoms with Crippen LogP contribution in [0.25, 0.3) is 6.08 Å². The molecule has 0 radical (unpaired) electrons. The molecule has 1 aliphatic heterocycles. The highest BCUT2D eigenvalue weighted by atomic mass is 32.1. The lowest BCUT2D eigenvalue weighted by Crippen LogP contribution is -2.39. The Morgan fingerprint density at radius 3 is 2.51 bits per heavy atom. The fourth-order valence-corrected chi connectivity index (χ4v) is 5.12. The molecule has 0 N–H and O–H groups in total. The van der Waals surface area contributed by atoms with Crippen molar-refractivity contribution in [1.82, 2.24) is 4.57 Å². The fourth-order valence-electron chi connectivity index (χ4n) is 4.09. The van der Waals surface area contributed by atoms with Gasteiger partial charge in [-0.2, -0.15) is 0 Å². The van der Waals surface area contributed by atoms with Gasteiger partial charge in [0.1, 0.15) is 23.9 Å². The highest BCUT2D eigenvalue weighted by molar-refractivity contribution is 7.07. The second-order valence-corrected chi connectivity index (χ2v) is 9.09. The first kappa shape index (κ1) is 26.0. The number of methoxy groups -OCH3 is 2. The van der Waals surface area contributed by atoms with E-state index in [1.165, 1.54) is 11.3 Å². The van der Waals surface area contributed by atoms with Crippen molar-refractivity contribution in [2.24, 2.45) is 4.99 Å². The highest BCUT2D eigenvalue weighted by Crippen LogP contribution is 2.32. The van der Waals surface area contributed by atoms with Gasteiger partial charge in [0.2, 0.25) is 0 Å². The van der Waals surface area contributed by atoms with Gasteiger partial charge < -0.3 is 18.9 Å². The van der Waals surface area contributed by atoms with Gasteiger partial charge in [0, 0.05) is 11.6 Å². The summed E-state index contributed by atoms with van der Waals surface area (Å²) >= 11 is 1.25. The van der Waals surface area contributed by atoms with Crippen LogP contribution in [-0.4, -0.2) is 38.0 Å². The zero-order valence-corrected chi connectivity index (χ0v) is 22.0. The van der Waals surface area contributed by atoms with Gasteiger partial charge in [-0.25, -0.2) is 9.79 Å². The van der Waals surface area contributed by atoms with Crippen molar-refractivity contribution in [2.75, 3.05) is 27.4 Å². The summed E-state index contributed by atoms with van der Waals surface area (Å²) in [4.78, 5) is 31.9. The molecule has 0 spiro atoms. The molecule has 4 rings (SSSR count). The molecule has 37 heavy (non-hydrogen) atoms. The number of allylic oxidation sites excluding steroid dienone is 1. The van der Waals surface area contributed by atoms with Crippen LogP contribution < -0.4 is 29.1 Å². The van der Waals surface area contributed by atoms with E-state index in [0.717, 1.165) is 11.1 Å². The van der Waals surface area contributed by atoms with Crippen LogP contribution in [0.1, 0.15) is 31.0 Å². The van der Waals surface area contributed by atoms with Gasteiger partial charge in [-0.15, -0.1) is 0 Å². The number of hydrogen-bond donors (Lipinski definition) is 0. The van der Waals surface area contributed by atoms with E-state index < -0.39 is 12.0 Å². The first-order chi connectivity index (χ1) is 17.9. The highest BCUT2D eigenvalue weighted by Gasteiger charge is 2.33. The predicted octanol–water partition coefficient (Wildman–Crippen LogP) is 3.38. The number of carbonyl (C=O) groups excluding carboxylic acids is 1. The molecule has 0 bridgehead atoms. The number of ether oxygens (including phenoxy) is 4. The van der Waals surface area contributed by atoms with Crippen molar-refractivity contribution in [3.63, 3.8) is 0 Å². The zero-order valence-electron chi connectivity index (χ0n) is 21.1. The normalized spacial score (nSPS) is 15.0. The second-order valence-electron chi connectivity index (χ2n) is 8.08. The predicted molar refractivity (Wildman–Crippen MR) is 142 cm³/mol. The molecular weight excluding hydrogens is 492 g/mol. The van der Waals surface area contributed by atoms with E-state index in [-0.39, 0.29) is 12.2 Å². The van der Waals surface area contributed by atoms with Crippen molar-refractivity contribution < 1.29 is 23.7 Å². The number of hydrogen-bond acceptors (Lipinski definition) is 8. The minimum Gasteiger partial charge on any atom is -0.497 e. The minimum atomic E-state index is -0.705. The molecule has 0 unspecified atom stereocenters. The van der Waals surface area contributed by atoms with E-state index in [1.807, 2.05) is 18.2 Å². The molecule has 2 heterocycles. The van der Waals surface area contributed by atoms with Gasteiger partial charge in [0.15, 0.2) is 4.80 Å². The minimum absolute atomic E-state index is 0.207. The van der Waals surface area contributed by atoms with Crippen molar-refractivity contribution >= 4 is 23.4 Å². The van der Waals surface area contributed by atoms with Crippen molar-refractivity contribution in [2.45, 2.75) is 19.9 Å². The summed E-state index contributed by atoms with van der Waals surface area (Å²) in [5, 5.41) is 0. The monoisotopic (exact) mass is 520 g/mol. The Morgan fingerprint density at radius 1 is 1.14 bits per heavy atom. The van der Waals surface area contributed by atoms with E-state index in [4.69, 9.17) is 18.9 Å². The summed E-state index contributed by atoms with van der Waals surface area (Å²) < 4.78 is 23.7. The summed E-state index contributed by atoms with van der Waals surface area (Å²) in [6, 6.07) is 11.9. The summed E-state index contributed by atoms with van der Waals surface area (Å²) in [7, 11) is 3.14. The third-order valence-corrected chi connectivity index (χ3v) is 6.79. The first-order valence-corrected chi connectivity index (χ1v) is 12.5. The number of aromatic nitrogens is 1. The molecule has 0 fully saturated rings. The smallest absolute Gasteiger partial charge is 0.338 e. The average Bonchev–Trinajstić information content (AvgIpc) is 3.21. The first-order valence-electron chi connectivity index (χ1n) is 11.7. The fraction of sp³-hybridized carbons (Fsp3) is 0.250. The van der Waals surface area contributed by atoms with Gasteiger partial charge in [0.25, 0.3) is 5.56 Å². The summed E-state index contributed by atoms with van der Waals surface area (Å²) in [5.74, 6) is 1.36. The van der Waals surface area contributed by atoms with Crippen molar-refractivity contribution in [1.29, 1.82) is 0 Å². The molecule has 1 aromatic heterocycles. The Hall–Kier alpha value is -4.11. The molecule has 1 atom stereocenters. The van der Waals surface area contributed by atoms with Crippen LogP contribution in [0.5, 0.6) is 17.2 Å². The van der Waals surface area contributed by atoms with Crippen LogP contribution in [-0.2, 0) is 9.53 Å². The standard InChI is InChI=1S/C28H28N2O6S/c1-6-14-36-20-11-8-18(9-12-20)25-24(27(32)35-7-2)17(3)29-28-30(25)26(31)23(37-28)15-19-10-13-21(33-4)16-22(19)34-5/h6,8-13,15-16,25H,1,7,14H2,2-5H3/b23-15-/t25-/m1/s1. The number of nitrogens with zero attached hydrogens (tertiary/aromatic N) is 2. The third kappa shape index (κ3) is 5.22. The number of benzene rings is 2. The Labute approximate surface area is 218 Å². The number of esters is 1.